The number of carbonyl (C=O) groups is 1. The monoisotopic (exact) mass is 268 g/mol. The summed E-state index contributed by atoms with van der Waals surface area (Å²) in [4.78, 5) is 15.0. The fourth-order valence-electron chi connectivity index (χ4n) is 2.51. The Balaban J connectivity index is 2.50. The minimum atomic E-state index is -0.817. The normalized spacial score (nSPS) is 15.3. The summed E-state index contributed by atoms with van der Waals surface area (Å²) >= 11 is 6.09. The van der Waals surface area contributed by atoms with Crippen molar-refractivity contribution in [3.8, 4) is 0 Å². The lowest BCUT2D eigenvalue weighted by Crippen LogP contribution is -2.30. The minimum absolute atomic E-state index is 0.0145. The molecule has 1 heterocycles. The van der Waals surface area contributed by atoms with E-state index in [1.165, 1.54) is 0 Å². The summed E-state index contributed by atoms with van der Waals surface area (Å²) < 4.78 is 0. The van der Waals surface area contributed by atoms with Crippen molar-refractivity contribution in [2.75, 3.05) is 36.5 Å². The molecule has 1 N–H and O–H groups in total. The van der Waals surface area contributed by atoms with Gasteiger partial charge >= 0.3 is 5.97 Å². The summed E-state index contributed by atoms with van der Waals surface area (Å²) in [6, 6.07) is 3.77. The van der Waals surface area contributed by atoms with Crippen LogP contribution in [0.5, 0.6) is 0 Å². The molecule has 0 saturated carbocycles. The van der Waals surface area contributed by atoms with Crippen molar-refractivity contribution in [1.82, 2.24) is 0 Å². The van der Waals surface area contributed by atoms with Crippen LogP contribution in [0.1, 0.15) is 12.0 Å². The molecule has 0 saturated heterocycles. The molecule has 0 unspecified atom stereocenters. The Kier molecular flexibility index (Phi) is 3.66. The summed E-state index contributed by atoms with van der Waals surface area (Å²) in [7, 11) is 2.03. The van der Waals surface area contributed by atoms with Gasteiger partial charge in [-0.1, -0.05) is 11.6 Å². The first kappa shape index (κ1) is 13.0. The lowest BCUT2D eigenvalue weighted by molar-refractivity contribution is -0.135. The maximum Gasteiger partial charge on any atom is 0.323 e. The van der Waals surface area contributed by atoms with Crippen molar-refractivity contribution in [3.63, 3.8) is 0 Å². The second-order valence-corrected chi connectivity index (χ2v) is 5.12. The van der Waals surface area contributed by atoms with Gasteiger partial charge in [-0.3, -0.25) is 4.79 Å². The molecule has 0 aromatic heterocycles. The molecular formula is C13H17ClN2O2. The number of halogens is 1. The van der Waals surface area contributed by atoms with Gasteiger partial charge in [-0.2, -0.15) is 0 Å². The fourth-order valence-corrected chi connectivity index (χ4v) is 2.78. The van der Waals surface area contributed by atoms with Crippen molar-refractivity contribution in [1.29, 1.82) is 0 Å². The number of aryl methyl sites for hydroxylation is 1. The third kappa shape index (κ3) is 2.53. The number of fused-ring (bicyclic) bond motifs is 1. The van der Waals surface area contributed by atoms with Gasteiger partial charge in [0.1, 0.15) is 6.54 Å². The van der Waals surface area contributed by atoms with Gasteiger partial charge in [-0.15, -0.1) is 0 Å². The number of aliphatic carboxylic acids is 1. The maximum atomic E-state index is 11.0. The Morgan fingerprint density at radius 3 is 2.83 bits per heavy atom. The minimum Gasteiger partial charge on any atom is -0.480 e. The van der Waals surface area contributed by atoms with Crippen molar-refractivity contribution in [2.45, 2.75) is 13.3 Å². The summed E-state index contributed by atoms with van der Waals surface area (Å²) in [5.74, 6) is -0.817. The van der Waals surface area contributed by atoms with Crippen molar-refractivity contribution >= 4 is 28.9 Å². The molecule has 1 aromatic carbocycles. The summed E-state index contributed by atoms with van der Waals surface area (Å²) in [6.45, 7) is 3.68. The largest absolute Gasteiger partial charge is 0.480 e. The highest BCUT2D eigenvalue weighted by molar-refractivity contribution is 6.31. The third-order valence-electron chi connectivity index (χ3n) is 3.22. The standard InChI is InChI=1S/C13H17ClN2O2/c1-9-6-10(14)7-11-13(9)15(2)4-3-5-16(11)8-12(17)18/h6-7H,3-5,8H2,1-2H3,(H,17,18). The van der Waals surface area contributed by atoms with E-state index >= 15 is 0 Å². The number of hydrogen-bond donors (Lipinski definition) is 1. The average Bonchev–Trinajstić information content (AvgIpc) is 2.38. The van der Waals surface area contributed by atoms with Crippen LogP contribution in [0.3, 0.4) is 0 Å². The number of carboxylic acid groups (broad SMARTS) is 1. The zero-order valence-corrected chi connectivity index (χ0v) is 11.4. The second kappa shape index (κ2) is 5.06. The molecule has 0 spiro atoms. The second-order valence-electron chi connectivity index (χ2n) is 4.68. The molecule has 4 nitrogen and oxygen atoms in total. The Morgan fingerprint density at radius 1 is 1.44 bits per heavy atom. The third-order valence-corrected chi connectivity index (χ3v) is 3.43. The Hall–Kier alpha value is -1.42. The number of benzene rings is 1. The summed E-state index contributed by atoms with van der Waals surface area (Å²) in [5, 5.41) is 9.65. The maximum absolute atomic E-state index is 11.0. The van der Waals surface area contributed by atoms with E-state index in [0.717, 1.165) is 36.4 Å². The Bertz CT molecular complexity index is 476. The van der Waals surface area contributed by atoms with Gasteiger partial charge in [-0.05, 0) is 31.0 Å². The fraction of sp³-hybridized carbons (Fsp3) is 0.462. The molecule has 0 fully saturated rings. The van der Waals surface area contributed by atoms with Gasteiger partial charge in [0.05, 0.1) is 11.4 Å². The number of hydrogen-bond acceptors (Lipinski definition) is 3. The van der Waals surface area contributed by atoms with Crippen molar-refractivity contribution in [2.24, 2.45) is 0 Å². The van der Waals surface area contributed by atoms with Gasteiger partial charge in [0.2, 0.25) is 0 Å². The van der Waals surface area contributed by atoms with Crippen LogP contribution in [0.4, 0.5) is 11.4 Å². The average molecular weight is 269 g/mol. The first-order valence-corrected chi connectivity index (χ1v) is 6.35. The van der Waals surface area contributed by atoms with Gasteiger partial charge in [0.15, 0.2) is 0 Å². The van der Waals surface area contributed by atoms with Gasteiger partial charge in [0, 0.05) is 25.2 Å². The van der Waals surface area contributed by atoms with Crippen LogP contribution in [-0.2, 0) is 4.79 Å². The number of carboxylic acids is 1. The van der Waals surface area contributed by atoms with Crippen LogP contribution >= 0.6 is 11.6 Å². The van der Waals surface area contributed by atoms with Crippen molar-refractivity contribution < 1.29 is 9.90 Å². The molecule has 0 atom stereocenters. The number of anilines is 2. The molecular weight excluding hydrogens is 252 g/mol. The van der Waals surface area contributed by atoms with E-state index in [2.05, 4.69) is 4.90 Å². The van der Waals surface area contributed by atoms with E-state index < -0.39 is 5.97 Å². The topological polar surface area (TPSA) is 43.8 Å². The highest BCUT2D eigenvalue weighted by Crippen LogP contribution is 2.37. The molecule has 1 aromatic rings. The molecule has 98 valence electrons. The van der Waals surface area contributed by atoms with E-state index in [1.54, 1.807) is 0 Å². The molecule has 18 heavy (non-hydrogen) atoms. The van der Waals surface area contributed by atoms with Crippen LogP contribution < -0.4 is 9.80 Å². The predicted octanol–water partition coefficient (Wildman–Crippen LogP) is 2.38. The van der Waals surface area contributed by atoms with Crippen LogP contribution in [-0.4, -0.2) is 37.8 Å². The lowest BCUT2D eigenvalue weighted by atomic mass is 10.1. The molecule has 1 aliphatic rings. The van der Waals surface area contributed by atoms with Crippen LogP contribution in [0.15, 0.2) is 12.1 Å². The molecule has 0 amide bonds. The Morgan fingerprint density at radius 2 is 2.17 bits per heavy atom. The zero-order chi connectivity index (χ0) is 13.3. The van der Waals surface area contributed by atoms with E-state index in [4.69, 9.17) is 16.7 Å². The highest BCUT2D eigenvalue weighted by Gasteiger charge is 2.22. The van der Waals surface area contributed by atoms with Crippen LogP contribution in [0, 0.1) is 6.92 Å². The summed E-state index contributed by atoms with van der Waals surface area (Å²) in [6.07, 6.45) is 0.940. The summed E-state index contributed by atoms with van der Waals surface area (Å²) in [5.41, 5.74) is 3.08. The first-order chi connectivity index (χ1) is 8.49. The molecule has 0 bridgehead atoms. The van der Waals surface area contributed by atoms with E-state index in [1.807, 2.05) is 31.0 Å². The highest BCUT2D eigenvalue weighted by atomic mass is 35.5. The molecule has 5 heteroatoms. The Labute approximate surface area is 112 Å². The molecule has 0 radical (unpaired) electrons. The van der Waals surface area contributed by atoms with Gasteiger partial charge < -0.3 is 14.9 Å². The molecule has 1 aliphatic heterocycles. The predicted molar refractivity (Wildman–Crippen MR) is 73.9 cm³/mol. The van der Waals surface area contributed by atoms with E-state index in [0.29, 0.717) is 5.02 Å². The van der Waals surface area contributed by atoms with Gasteiger partial charge in [-0.25, -0.2) is 0 Å². The smallest absolute Gasteiger partial charge is 0.323 e. The van der Waals surface area contributed by atoms with Crippen LogP contribution in [0.25, 0.3) is 0 Å². The molecule has 2 rings (SSSR count). The number of nitrogens with zero attached hydrogens (tertiary/aromatic N) is 2. The van der Waals surface area contributed by atoms with Gasteiger partial charge in [0.25, 0.3) is 0 Å². The zero-order valence-electron chi connectivity index (χ0n) is 10.6. The SMILES string of the molecule is Cc1cc(Cl)cc2c1N(C)CCCN2CC(=O)O. The van der Waals surface area contributed by atoms with E-state index in [-0.39, 0.29) is 6.54 Å². The van der Waals surface area contributed by atoms with Crippen molar-refractivity contribution in [3.05, 3.63) is 22.7 Å². The lowest BCUT2D eigenvalue weighted by Gasteiger charge is -2.26. The number of rotatable bonds is 2. The van der Waals surface area contributed by atoms with Crippen LogP contribution in [0.2, 0.25) is 5.02 Å². The quantitative estimate of drug-likeness (QED) is 0.894. The molecule has 0 aliphatic carbocycles. The first-order valence-electron chi connectivity index (χ1n) is 5.97. The van der Waals surface area contributed by atoms with E-state index in [9.17, 15) is 4.79 Å².